The quantitative estimate of drug-likeness (QED) is 0.839. The number of aryl methyl sites for hydroxylation is 1. The van der Waals surface area contributed by atoms with E-state index in [0.717, 1.165) is 11.3 Å². The van der Waals surface area contributed by atoms with Crippen LogP contribution in [0.15, 0.2) is 42.5 Å². The zero-order chi connectivity index (χ0) is 14.5. The van der Waals surface area contributed by atoms with Crippen LogP contribution < -0.4 is 15.8 Å². The first kappa shape index (κ1) is 13.9. The first-order chi connectivity index (χ1) is 9.60. The van der Waals surface area contributed by atoms with E-state index >= 15 is 0 Å². The minimum Gasteiger partial charge on any atom is -0.455 e. The van der Waals surface area contributed by atoms with E-state index in [9.17, 15) is 4.79 Å². The van der Waals surface area contributed by atoms with Gasteiger partial charge < -0.3 is 15.8 Å². The minimum atomic E-state index is -0.138. The van der Waals surface area contributed by atoms with Crippen molar-refractivity contribution in [3.05, 3.63) is 53.6 Å². The summed E-state index contributed by atoms with van der Waals surface area (Å²) >= 11 is 0. The number of hydrogen-bond donors (Lipinski definition) is 2. The Bertz CT molecular complexity index is 624. The highest BCUT2D eigenvalue weighted by Gasteiger charge is 2.08. The number of nitrogens with two attached hydrogens (primary N) is 1. The molecule has 0 aliphatic heterocycles. The van der Waals surface area contributed by atoms with Crippen molar-refractivity contribution in [3.8, 4) is 11.5 Å². The zero-order valence-electron chi connectivity index (χ0n) is 11.6. The highest BCUT2D eigenvalue weighted by Crippen LogP contribution is 2.28. The van der Waals surface area contributed by atoms with Gasteiger partial charge in [0.2, 0.25) is 0 Å². The number of amides is 1. The van der Waals surface area contributed by atoms with Gasteiger partial charge in [-0.3, -0.25) is 4.79 Å². The number of carbonyl (C=O) groups is 1. The zero-order valence-corrected chi connectivity index (χ0v) is 11.6. The van der Waals surface area contributed by atoms with E-state index in [1.54, 1.807) is 18.2 Å². The van der Waals surface area contributed by atoms with Gasteiger partial charge in [-0.1, -0.05) is 12.1 Å². The molecule has 0 aliphatic carbocycles. The molecule has 0 bridgehead atoms. The number of nitrogen functional groups attached to an aromatic ring is 1. The number of ether oxygens (including phenoxy) is 1. The Morgan fingerprint density at radius 2 is 2.05 bits per heavy atom. The summed E-state index contributed by atoms with van der Waals surface area (Å²) in [7, 11) is 0. The summed E-state index contributed by atoms with van der Waals surface area (Å²) in [5.41, 5.74) is 8.02. The highest BCUT2D eigenvalue weighted by molar-refractivity contribution is 5.95. The maximum atomic E-state index is 11.7. The van der Waals surface area contributed by atoms with Gasteiger partial charge in [0.05, 0.1) is 5.69 Å². The number of nitrogens with one attached hydrogen (secondary N) is 1. The summed E-state index contributed by atoms with van der Waals surface area (Å²) in [6.07, 6.45) is 0. The molecule has 0 fully saturated rings. The molecule has 2 aromatic carbocycles. The van der Waals surface area contributed by atoms with Crippen LogP contribution in [0.1, 0.15) is 22.8 Å². The Kier molecular flexibility index (Phi) is 4.25. The van der Waals surface area contributed by atoms with Crippen molar-refractivity contribution in [1.82, 2.24) is 5.32 Å². The molecule has 0 aromatic heterocycles. The third-order valence-corrected chi connectivity index (χ3v) is 2.83. The van der Waals surface area contributed by atoms with Crippen LogP contribution in [0, 0.1) is 6.92 Å². The third kappa shape index (κ3) is 3.29. The first-order valence-electron chi connectivity index (χ1n) is 6.52. The molecule has 0 spiro atoms. The van der Waals surface area contributed by atoms with Crippen LogP contribution in [0.2, 0.25) is 0 Å². The van der Waals surface area contributed by atoms with Crippen LogP contribution in [0.5, 0.6) is 11.5 Å². The van der Waals surface area contributed by atoms with Gasteiger partial charge in [-0.15, -0.1) is 0 Å². The molecule has 0 saturated heterocycles. The van der Waals surface area contributed by atoms with E-state index in [2.05, 4.69) is 5.32 Å². The molecule has 20 heavy (non-hydrogen) atoms. The van der Waals surface area contributed by atoms with E-state index in [1.165, 1.54) is 0 Å². The molecule has 0 saturated carbocycles. The smallest absolute Gasteiger partial charge is 0.251 e. The number of rotatable bonds is 4. The summed E-state index contributed by atoms with van der Waals surface area (Å²) in [6, 6.07) is 12.7. The van der Waals surface area contributed by atoms with Gasteiger partial charge in [-0.25, -0.2) is 0 Å². The predicted octanol–water partition coefficient (Wildman–Crippen LogP) is 3.12. The molecule has 0 radical (unpaired) electrons. The summed E-state index contributed by atoms with van der Waals surface area (Å²) in [4.78, 5) is 11.7. The lowest BCUT2D eigenvalue weighted by molar-refractivity contribution is 0.0956. The summed E-state index contributed by atoms with van der Waals surface area (Å²) in [5, 5.41) is 2.73. The molecule has 2 aromatic rings. The molecular formula is C16H18N2O2. The van der Waals surface area contributed by atoms with E-state index in [0.29, 0.717) is 23.5 Å². The standard InChI is InChI=1S/C16H18N2O2/c1-3-18-16(19)12-7-8-15(14(17)10-12)20-13-6-4-5-11(2)9-13/h4-10H,3,17H2,1-2H3,(H,18,19). The molecule has 4 heteroatoms. The monoisotopic (exact) mass is 270 g/mol. The summed E-state index contributed by atoms with van der Waals surface area (Å²) in [5.74, 6) is 1.13. The number of hydrogen-bond acceptors (Lipinski definition) is 3. The van der Waals surface area contributed by atoms with Gasteiger partial charge in [0, 0.05) is 12.1 Å². The second kappa shape index (κ2) is 6.10. The number of carbonyl (C=O) groups excluding carboxylic acids is 1. The van der Waals surface area contributed by atoms with E-state index < -0.39 is 0 Å². The van der Waals surface area contributed by atoms with Gasteiger partial charge in [0.1, 0.15) is 11.5 Å². The van der Waals surface area contributed by atoms with E-state index in [-0.39, 0.29) is 5.91 Å². The van der Waals surface area contributed by atoms with Crippen molar-refractivity contribution in [2.45, 2.75) is 13.8 Å². The molecule has 1 amide bonds. The van der Waals surface area contributed by atoms with Crippen LogP contribution in [0.4, 0.5) is 5.69 Å². The average molecular weight is 270 g/mol. The van der Waals surface area contributed by atoms with Crippen molar-refractivity contribution in [2.24, 2.45) is 0 Å². The Balaban J connectivity index is 2.20. The molecule has 0 aliphatic rings. The SMILES string of the molecule is CCNC(=O)c1ccc(Oc2cccc(C)c2)c(N)c1. The normalized spacial score (nSPS) is 10.1. The molecule has 2 rings (SSSR count). The highest BCUT2D eigenvalue weighted by atomic mass is 16.5. The van der Waals surface area contributed by atoms with Crippen LogP contribution >= 0.6 is 0 Å². The Morgan fingerprint density at radius 3 is 2.70 bits per heavy atom. The summed E-state index contributed by atoms with van der Waals surface area (Å²) in [6.45, 7) is 4.45. The Hall–Kier alpha value is -2.49. The minimum absolute atomic E-state index is 0.138. The summed E-state index contributed by atoms with van der Waals surface area (Å²) < 4.78 is 5.73. The fourth-order valence-electron chi connectivity index (χ4n) is 1.85. The van der Waals surface area contributed by atoms with Crippen molar-refractivity contribution < 1.29 is 9.53 Å². The Labute approximate surface area is 118 Å². The van der Waals surface area contributed by atoms with Crippen LogP contribution in [0.3, 0.4) is 0 Å². The molecule has 0 heterocycles. The molecule has 3 N–H and O–H groups in total. The fraction of sp³-hybridized carbons (Fsp3) is 0.188. The first-order valence-corrected chi connectivity index (χ1v) is 6.52. The molecule has 4 nitrogen and oxygen atoms in total. The van der Waals surface area contributed by atoms with Gasteiger partial charge >= 0.3 is 0 Å². The van der Waals surface area contributed by atoms with Crippen LogP contribution in [-0.2, 0) is 0 Å². The lowest BCUT2D eigenvalue weighted by atomic mass is 10.1. The van der Waals surface area contributed by atoms with Gasteiger partial charge in [-0.2, -0.15) is 0 Å². The maximum Gasteiger partial charge on any atom is 0.251 e. The fourth-order valence-corrected chi connectivity index (χ4v) is 1.85. The van der Waals surface area contributed by atoms with E-state index in [1.807, 2.05) is 38.1 Å². The average Bonchev–Trinajstić information content (AvgIpc) is 2.41. The predicted molar refractivity (Wildman–Crippen MR) is 80.1 cm³/mol. The van der Waals surface area contributed by atoms with Crippen molar-refractivity contribution in [1.29, 1.82) is 0 Å². The lowest BCUT2D eigenvalue weighted by Crippen LogP contribution is -2.22. The second-order valence-electron chi connectivity index (χ2n) is 4.53. The van der Waals surface area contributed by atoms with Crippen molar-refractivity contribution in [2.75, 3.05) is 12.3 Å². The van der Waals surface area contributed by atoms with Crippen molar-refractivity contribution >= 4 is 11.6 Å². The third-order valence-electron chi connectivity index (χ3n) is 2.83. The molecule has 0 unspecified atom stereocenters. The topological polar surface area (TPSA) is 64.3 Å². The Morgan fingerprint density at radius 1 is 1.25 bits per heavy atom. The van der Waals surface area contributed by atoms with E-state index in [4.69, 9.17) is 10.5 Å². The molecule has 0 atom stereocenters. The lowest BCUT2D eigenvalue weighted by Gasteiger charge is -2.10. The number of anilines is 1. The number of benzene rings is 2. The van der Waals surface area contributed by atoms with Crippen LogP contribution in [0.25, 0.3) is 0 Å². The second-order valence-corrected chi connectivity index (χ2v) is 4.53. The maximum absolute atomic E-state index is 11.7. The molecular weight excluding hydrogens is 252 g/mol. The van der Waals surface area contributed by atoms with Gasteiger partial charge in [0.25, 0.3) is 5.91 Å². The largest absolute Gasteiger partial charge is 0.455 e. The van der Waals surface area contributed by atoms with Crippen molar-refractivity contribution in [3.63, 3.8) is 0 Å². The van der Waals surface area contributed by atoms with Gasteiger partial charge in [-0.05, 0) is 49.7 Å². The van der Waals surface area contributed by atoms with Gasteiger partial charge in [0.15, 0.2) is 0 Å². The molecule has 104 valence electrons. The van der Waals surface area contributed by atoms with Crippen LogP contribution in [-0.4, -0.2) is 12.5 Å².